The highest BCUT2D eigenvalue weighted by molar-refractivity contribution is 5.35. The summed E-state index contributed by atoms with van der Waals surface area (Å²) in [6.45, 7) is 6.28. The molecule has 1 atom stereocenters. The van der Waals surface area contributed by atoms with Gasteiger partial charge in [0, 0.05) is 2.85 Å². The van der Waals surface area contributed by atoms with Crippen LogP contribution in [0.3, 0.4) is 0 Å². The molecule has 0 spiro atoms. The molecule has 0 aromatic carbocycles. The molecular formula is C13H24N2O. The van der Waals surface area contributed by atoms with Crippen LogP contribution in [0.4, 0.5) is 0 Å². The smallest absolute Gasteiger partial charge is 0.306 e. The Balaban J connectivity index is 0. The van der Waals surface area contributed by atoms with E-state index in [-0.39, 0.29) is 8.54 Å². The zero-order chi connectivity index (χ0) is 12.0. The lowest BCUT2D eigenvalue weighted by Crippen LogP contribution is -2.23. The minimum Gasteiger partial charge on any atom is -0.306 e. The molecule has 1 unspecified atom stereocenters. The summed E-state index contributed by atoms with van der Waals surface area (Å²) in [6.07, 6.45) is 10.4. The Hall–Kier alpha value is -1.51. The van der Waals surface area contributed by atoms with Gasteiger partial charge in [0.2, 0.25) is 0 Å². The van der Waals surface area contributed by atoms with Gasteiger partial charge in [-0.1, -0.05) is 38.5 Å². The first-order valence-corrected chi connectivity index (χ1v) is 5.80. The molecule has 1 rings (SSSR count). The molecule has 1 aromatic rings. The highest BCUT2D eigenvalue weighted by Crippen LogP contribution is 2.05. The average molecular weight is 224 g/mol. The maximum atomic E-state index is 11.1. The molecule has 0 saturated carbocycles. The Bertz CT molecular complexity index is 514. The molecule has 16 heavy (non-hydrogen) atoms. The first-order valence-electron chi connectivity index (χ1n) is 5.80. The van der Waals surface area contributed by atoms with Gasteiger partial charge in [-0.25, -0.2) is 4.79 Å². The number of hydrogen-bond donors (Lipinski definition) is 2. The number of aromatic amines is 2. The maximum Gasteiger partial charge on any atom is 0.323 e. The average Bonchev–Trinajstić information content (AvgIpc) is 2.59. The van der Waals surface area contributed by atoms with Crippen molar-refractivity contribution in [3.63, 3.8) is 0 Å². The molecular weight excluding hydrogens is 200 g/mol. The molecule has 0 aliphatic carbocycles. The highest BCUT2D eigenvalue weighted by Gasteiger charge is 1.92. The fourth-order valence-electron chi connectivity index (χ4n) is 1.66. The Kier molecular flexibility index (Phi) is 4.83. The highest BCUT2D eigenvalue weighted by atomic mass is 16.1. The lowest BCUT2D eigenvalue weighted by atomic mass is 10.1. The predicted molar refractivity (Wildman–Crippen MR) is 72.7 cm³/mol. The van der Waals surface area contributed by atoms with E-state index in [2.05, 4.69) is 29.9 Å². The van der Waals surface area contributed by atoms with Crippen molar-refractivity contribution in [3.8, 4) is 0 Å². The van der Waals surface area contributed by atoms with E-state index in [1.165, 1.54) is 12.8 Å². The third-order valence-corrected chi connectivity index (χ3v) is 2.52. The molecule has 1 aromatic heterocycles. The van der Waals surface area contributed by atoms with E-state index in [1.54, 1.807) is 0 Å². The monoisotopic (exact) mass is 224 g/mol. The molecule has 0 fully saturated rings. The van der Waals surface area contributed by atoms with Gasteiger partial charge in [0.1, 0.15) is 0 Å². The van der Waals surface area contributed by atoms with Crippen LogP contribution in [0.2, 0.25) is 0 Å². The zero-order valence-corrected chi connectivity index (χ0v) is 10.2. The Morgan fingerprint density at radius 3 is 2.69 bits per heavy atom. The van der Waals surface area contributed by atoms with E-state index in [1.807, 2.05) is 25.2 Å². The summed E-state index contributed by atoms with van der Waals surface area (Å²) >= 11 is 0. The molecule has 92 valence electrons. The molecule has 3 heteroatoms. The molecule has 0 amide bonds. The summed E-state index contributed by atoms with van der Waals surface area (Å²) < 4.78 is 0. The fraction of sp³-hybridized carbons (Fsp3) is 0.462. The van der Waals surface area contributed by atoms with Crippen molar-refractivity contribution in [1.29, 1.82) is 0 Å². The van der Waals surface area contributed by atoms with Crippen LogP contribution >= 0.6 is 0 Å². The third-order valence-electron chi connectivity index (χ3n) is 2.52. The maximum absolute atomic E-state index is 11.1. The lowest BCUT2D eigenvalue weighted by molar-refractivity contribution is 0.634. The SMILES string of the molecule is C/C=c1/[nH]c(=O)[nH]/c1=C/C=C/C(C)CCC.[HH].[HH]. The Labute approximate surface area is 98.6 Å². The Morgan fingerprint density at radius 1 is 1.38 bits per heavy atom. The van der Waals surface area contributed by atoms with Gasteiger partial charge in [0.15, 0.2) is 0 Å². The van der Waals surface area contributed by atoms with E-state index < -0.39 is 0 Å². The van der Waals surface area contributed by atoms with Crippen LogP contribution in [0.5, 0.6) is 0 Å². The van der Waals surface area contributed by atoms with Crippen LogP contribution in [-0.2, 0) is 0 Å². The van der Waals surface area contributed by atoms with Gasteiger partial charge < -0.3 is 9.97 Å². The first kappa shape index (κ1) is 12.6. The van der Waals surface area contributed by atoms with E-state index in [0.29, 0.717) is 5.92 Å². The van der Waals surface area contributed by atoms with Gasteiger partial charge in [0.25, 0.3) is 0 Å². The van der Waals surface area contributed by atoms with Crippen LogP contribution < -0.4 is 16.4 Å². The van der Waals surface area contributed by atoms with Crippen molar-refractivity contribution >= 4 is 12.2 Å². The number of aromatic nitrogens is 2. The molecule has 0 radical (unpaired) electrons. The summed E-state index contributed by atoms with van der Waals surface area (Å²) in [5, 5.41) is 1.69. The van der Waals surface area contributed by atoms with Crippen molar-refractivity contribution in [3.05, 3.63) is 33.3 Å². The van der Waals surface area contributed by atoms with E-state index in [4.69, 9.17) is 0 Å². The molecule has 3 nitrogen and oxygen atoms in total. The van der Waals surface area contributed by atoms with E-state index >= 15 is 0 Å². The second-order valence-corrected chi connectivity index (χ2v) is 4.01. The molecule has 0 saturated heterocycles. The van der Waals surface area contributed by atoms with Crippen molar-refractivity contribution in [2.45, 2.75) is 33.6 Å². The summed E-state index contributed by atoms with van der Waals surface area (Å²) in [4.78, 5) is 16.6. The van der Waals surface area contributed by atoms with Crippen molar-refractivity contribution < 1.29 is 2.85 Å². The number of nitrogens with one attached hydrogen (secondary N) is 2. The first-order chi connectivity index (χ1) is 7.67. The van der Waals surface area contributed by atoms with Crippen LogP contribution in [-0.4, -0.2) is 9.97 Å². The van der Waals surface area contributed by atoms with Gasteiger partial charge >= 0.3 is 5.69 Å². The Morgan fingerprint density at radius 2 is 2.06 bits per heavy atom. The minimum atomic E-state index is -0.158. The quantitative estimate of drug-likeness (QED) is 0.804. The molecule has 2 N–H and O–H groups in total. The summed E-state index contributed by atoms with van der Waals surface area (Å²) in [6, 6.07) is 0. The minimum absolute atomic E-state index is 0. The van der Waals surface area contributed by atoms with E-state index in [9.17, 15) is 4.79 Å². The third kappa shape index (κ3) is 3.57. The number of rotatable bonds is 4. The second-order valence-electron chi connectivity index (χ2n) is 4.01. The van der Waals surface area contributed by atoms with Crippen LogP contribution in [0, 0.1) is 5.92 Å². The molecule has 0 bridgehead atoms. The second kappa shape index (κ2) is 6.16. The van der Waals surface area contributed by atoms with Gasteiger partial charge in [-0.05, 0) is 25.3 Å². The number of H-pyrrole nitrogens is 2. The molecule has 1 heterocycles. The van der Waals surface area contributed by atoms with Gasteiger partial charge in [0.05, 0.1) is 10.7 Å². The largest absolute Gasteiger partial charge is 0.323 e. The van der Waals surface area contributed by atoms with Crippen LogP contribution in [0.25, 0.3) is 12.2 Å². The van der Waals surface area contributed by atoms with Gasteiger partial charge in [-0.15, -0.1) is 0 Å². The molecule has 0 aliphatic heterocycles. The summed E-state index contributed by atoms with van der Waals surface area (Å²) in [5.41, 5.74) is -0.158. The van der Waals surface area contributed by atoms with Crippen molar-refractivity contribution in [2.75, 3.05) is 0 Å². The van der Waals surface area contributed by atoms with Crippen LogP contribution in [0.15, 0.2) is 16.9 Å². The normalized spacial score (nSPS) is 16.2. The predicted octanol–water partition coefficient (Wildman–Crippen LogP) is 1.77. The summed E-state index contributed by atoms with van der Waals surface area (Å²) in [5.74, 6) is 0.584. The number of hydrogen-bond acceptors (Lipinski definition) is 1. The summed E-state index contributed by atoms with van der Waals surface area (Å²) in [7, 11) is 0. The van der Waals surface area contributed by atoms with Gasteiger partial charge in [-0.2, -0.15) is 0 Å². The van der Waals surface area contributed by atoms with Crippen LogP contribution in [0.1, 0.15) is 36.5 Å². The standard InChI is InChI=1S/C13H20N2O.2H2/c1-4-7-10(3)8-6-9-12-11(5-2)14-13(16)15-12;;/h5-6,8-10H,4,7H2,1-3H3,(H2,14,15,16);2*1H/b8-6+,11-5+,12-9+;;. The topological polar surface area (TPSA) is 48.6 Å². The molecule has 0 aliphatic rings. The van der Waals surface area contributed by atoms with Crippen molar-refractivity contribution in [1.82, 2.24) is 9.97 Å². The lowest BCUT2D eigenvalue weighted by Gasteiger charge is -2.00. The number of allylic oxidation sites excluding steroid dienone is 2. The fourth-order valence-corrected chi connectivity index (χ4v) is 1.66. The van der Waals surface area contributed by atoms with E-state index in [0.717, 1.165) is 10.7 Å². The van der Waals surface area contributed by atoms with Gasteiger partial charge in [-0.3, -0.25) is 0 Å². The number of imidazole rings is 1. The zero-order valence-electron chi connectivity index (χ0n) is 10.2. The van der Waals surface area contributed by atoms with Crippen molar-refractivity contribution in [2.24, 2.45) is 5.92 Å².